The molecule has 0 saturated carbocycles. The number of aliphatic carboxylic acids is 1. The quantitative estimate of drug-likeness (QED) is 0.785. The molecule has 0 bridgehead atoms. The minimum atomic E-state index is -0.796. The van der Waals surface area contributed by atoms with Crippen LogP contribution in [0.4, 0.5) is 0 Å². The molecule has 19 heavy (non-hydrogen) atoms. The van der Waals surface area contributed by atoms with Gasteiger partial charge in [0.25, 0.3) is 0 Å². The number of aryl methyl sites for hydroxylation is 1. The molecule has 0 fully saturated rings. The number of carboxylic acid groups (broad SMARTS) is 1. The minimum absolute atomic E-state index is 0.0617. The SMILES string of the molecule is CCC(C)N(CCOc1cccc(C)c1)CC(=O)O. The second-order valence-electron chi connectivity index (χ2n) is 4.79. The number of carboxylic acids is 1. The van der Waals surface area contributed by atoms with Gasteiger partial charge in [-0.15, -0.1) is 0 Å². The van der Waals surface area contributed by atoms with Crippen molar-refractivity contribution in [1.29, 1.82) is 0 Å². The van der Waals surface area contributed by atoms with Crippen LogP contribution in [0.5, 0.6) is 5.75 Å². The molecule has 1 aromatic carbocycles. The first-order chi connectivity index (χ1) is 9.02. The lowest BCUT2D eigenvalue weighted by atomic mass is 10.2. The molecule has 0 saturated heterocycles. The summed E-state index contributed by atoms with van der Waals surface area (Å²) in [7, 11) is 0. The summed E-state index contributed by atoms with van der Waals surface area (Å²) in [5.74, 6) is 0.0373. The third-order valence-corrected chi connectivity index (χ3v) is 3.19. The lowest BCUT2D eigenvalue weighted by Crippen LogP contribution is -2.39. The Bertz CT molecular complexity index is 406. The lowest BCUT2D eigenvalue weighted by molar-refractivity contribution is -0.139. The zero-order valence-electron chi connectivity index (χ0n) is 11.9. The maximum absolute atomic E-state index is 10.8. The first-order valence-electron chi connectivity index (χ1n) is 6.68. The van der Waals surface area contributed by atoms with Crippen molar-refractivity contribution >= 4 is 5.97 Å². The van der Waals surface area contributed by atoms with Gasteiger partial charge in [0.1, 0.15) is 12.4 Å². The topological polar surface area (TPSA) is 49.8 Å². The van der Waals surface area contributed by atoms with Gasteiger partial charge < -0.3 is 9.84 Å². The van der Waals surface area contributed by atoms with Gasteiger partial charge in [0, 0.05) is 12.6 Å². The van der Waals surface area contributed by atoms with Crippen LogP contribution < -0.4 is 4.74 Å². The van der Waals surface area contributed by atoms with Crippen LogP contribution in [0.2, 0.25) is 0 Å². The summed E-state index contributed by atoms with van der Waals surface area (Å²) in [6.07, 6.45) is 0.928. The molecule has 1 rings (SSSR count). The van der Waals surface area contributed by atoms with Gasteiger partial charge in [0.15, 0.2) is 0 Å². The molecular weight excluding hydrogens is 242 g/mol. The van der Waals surface area contributed by atoms with E-state index in [4.69, 9.17) is 9.84 Å². The normalized spacial score (nSPS) is 12.4. The molecule has 0 aliphatic carbocycles. The van der Waals surface area contributed by atoms with Gasteiger partial charge in [0.2, 0.25) is 0 Å². The van der Waals surface area contributed by atoms with Gasteiger partial charge in [0.05, 0.1) is 6.54 Å². The molecule has 0 amide bonds. The molecule has 0 aliphatic heterocycles. The van der Waals surface area contributed by atoms with Crippen molar-refractivity contribution in [1.82, 2.24) is 4.90 Å². The lowest BCUT2D eigenvalue weighted by Gasteiger charge is -2.26. The van der Waals surface area contributed by atoms with Crippen molar-refractivity contribution in [2.45, 2.75) is 33.2 Å². The summed E-state index contributed by atoms with van der Waals surface area (Å²) >= 11 is 0. The molecule has 0 aliphatic rings. The van der Waals surface area contributed by atoms with Crippen molar-refractivity contribution in [3.63, 3.8) is 0 Å². The molecule has 1 atom stereocenters. The van der Waals surface area contributed by atoms with E-state index >= 15 is 0 Å². The second-order valence-corrected chi connectivity index (χ2v) is 4.79. The van der Waals surface area contributed by atoms with Gasteiger partial charge in [-0.05, 0) is 38.0 Å². The fraction of sp³-hybridized carbons (Fsp3) is 0.533. The van der Waals surface area contributed by atoms with Crippen LogP contribution in [-0.2, 0) is 4.79 Å². The van der Waals surface area contributed by atoms with E-state index < -0.39 is 5.97 Å². The Kier molecular flexibility index (Phi) is 6.36. The second kappa shape index (κ2) is 7.79. The van der Waals surface area contributed by atoms with Crippen LogP contribution in [0.25, 0.3) is 0 Å². The van der Waals surface area contributed by atoms with Crippen LogP contribution in [0, 0.1) is 6.92 Å². The van der Waals surface area contributed by atoms with Gasteiger partial charge in [-0.2, -0.15) is 0 Å². The number of nitrogens with zero attached hydrogens (tertiary/aromatic N) is 1. The first-order valence-corrected chi connectivity index (χ1v) is 6.68. The number of carbonyl (C=O) groups is 1. The minimum Gasteiger partial charge on any atom is -0.492 e. The molecule has 0 heterocycles. The van der Waals surface area contributed by atoms with E-state index in [0.717, 1.165) is 17.7 Å². The van der Waals surface area contributed by atoms with Crippen molar-refractivity contribution in [3.05, 3.63) is 29.8 Å². The standard InChI is InChI=1S/C15H23NO3/c1-4-13(3)16(11-15(17)18)8-9-19-14-7-5-6-12(2)10-14/h5-7,10,13H,4,8-9,11H2,1-3H3,(H,17,18). The Morgan fingerprint density at radius 2 is 2.21 bits per heavy atom. The van der Waals surface area contributed by atoms with E-state index in [1.165, 1.54) is 0 Å². The highest BCUT2D eigenvalue weighted by Gasteiger charge is 2.15. The van der Waals surface area contributed by atoms with E-state index in [1.807, 2.05) is 43.0 Å². The highest BCUT2D eigenvalue weighted by molar-refractivity contribution is 5.69. The molecular formula is C15H23NO3. The Labute approximate surface area is 115 Å². The molecule has 0 aromatic heterocycles. The van der Waals surface area contributed by atoms with E-state index in [9.17, 15) is 4.79 Å². The molecule has 0 radical (unpaired) electrons. The number of benzene rings is 1. The molecule has 1 N–H and O–H groups in total. The maximum atomic E-state index is 10.8. The molecule has 0 spiro atoms. The Hall–Kier alpha value is -1.55. The fourth-order valence-corrected chi connectivity index (χ4v) is 1.87. The third-order valence-electron chi connectivity index (χ3n) is 3.19. The van der Waals surface area contributed by atoms with Crippen LogP contribution in [0.1, 0.15) is 25.8 Å². The highest BCUT2D eigenvalue weighted by atomic mass is 16.5. The van der Waals surface area contributed by atoms with Gasteiger partial charge in [-0.3, -0.25) is 9.69 Å². The smallest absolute Gasteiger partial charge is 0.317 e. The van der Waals surface area contributed by atoms with Crippen LogP contribution in [0.3, 0.4) is 0 Å². The largest absolute Gasteiger partial charge is 0.492 e. The molecule has 4 heteroatoms. The first kappa shape index (κ1) is 15.5. The number of ether oxygens (including phenoxy) is 1. The Morgan fingerprint density at radius 3 is 2.79 bits per heavy atom. The summed E-state index contributed by atoms with van der Waals surface area (Å²) in [6.45, 7) is 7.29. The van der Waals surface area contributed by atoms with Crippen molar-refractivity contribution in [2.24, 2.45) is 0 Å². The fourth-order valence-electron chi connectivity index (χ4n) is 1.87. The van der Waals surface area contributed by atoms with Crippen molar-refractivity contribution < 1.29 is 14.6 Å². The highest BCUT2D eigenvalue weighted by Crippen LogP contribution is 2.12. The third kappa shape index (κ3) is 5.75. The monoisotopic (exact) mass is 265 g/mol. The number of rotatable bonds is 8. The average molecular weight is 265 g/mol. The summed E-state index contributed by atoms with van der Waals surface area (Å²) < 4.78 is 5.66. The zero-order chi connectivity index (χ0) is 14.3. The number of hydrogen-bond acceptors (Lipinski definition) is 3. The molecule has 1 unspecified atom stereocenters. The summed E-state index contributed by atoms with van der Waals surface area (Å²) in [5, 5.41) is 8.90. The van der Waals surface area contributed by atoms with E-state index in [0.29, 0.717) is 13.2 Å². The van der Waals surface area contributed by atoms with Gasteiger partial charge in [-0.25, -0.2) is 0 Å². The van der Waals surface area contributed by atoms with Crippen molar-refractivity contribution in [2.75, 3.05) is 19.7 Å². The van der Waals surface area contributed by atoms with Crippen molar-refractivity contribution in [3.8, 4) is 5.75 Å². The van der Waals surface area contributed by atoms with Crippen LogP contribution in [-0.4, -0.2) is 41.7 Å². The predicted molar refractivity (Wildman–Crippen MR) is 75.6 cm³/mol. The summed E-state index contributed by atoms with van der Waals surface area (Å²) in [6, 6.07) is 8.11. The van der Waals surface area contributed by atoms with E-state index in [1.54, 1.807) is 0 Å². The molecule has 106 valence electrons. The maximum Gasteiger partial charge on any atom is 0.317 e. The summed E-state index contributed by atoms with van der Waals surface area (Å²) in [5.41, 5.74) is 1.15. The molecule has 4 nitrogen and oxygen atoms in total. The molecule has 1 aromatic rings. The zero-order valence-corrected chi connectivity index (χ0v) is 11.9. The Balaban J connectivity index is 2.45. The Morgan fingerprint density at radius 1 is 1.47 bits per heavy atom. The number of hydrogen-bond donors (Lipinski definition) is 1. The van der Waals surface area contributed by atoms with E-state index in [-0.39, 0.29) is 12.6 Å². The predicted octanol–water partition coefficient (Wildman–Crippen LogP) is 2.56. The van der Waals surface area contributed by atoms with Crippen LogP contribution >= 0.6 is 0 Å². The van der Waals surface area contributed by atoms with E-state index in [2.05, 4.69) is 6.92 Å². The average Bonchev–Trinajstić information content (AvgIpc) is 2.36. The van der Waals surface area contributed by atoms with Crippen LogP contribution in [0.15, 0.2) is 24.3 Å². The summed E-state index contributed by atoms with van der Waals surface area (Å²) in [4.78, 5) is 12.8. The van der Waals surface area contributed by atoms with Gasteiger partial charge in [-0.1, -0.05) is 19.1 Å². The van der Waals surface area contributed by atoms with Gasteiger partial charge >= 0.3 is 5.97 Å².